The standard InChI is InChI=1S/C8H8F2N4O.C7H8O3S/c9-6-1-5(2-7(10)3-6)4-13-14(15)8(11)12;1-6-2-4-7(5-3-6)11(8,9)10/h1-4,15H,(H3,11,12);2-5H,1H3,(H,8,9,10). The van der Waals surface area contributed by atoms with Crippen molar-refractivity contribution < 1.29 is 27.0 Å². The molecule has 0 aliphatic heterocycles. The van der Waals surface area contributed by atoms with Crippen molar-refractivity contribution in [3.8, 4) is 0 Å². The third-order valence-electron chi connectivity index (χ3n) is 2.74. The zero-order valence-corrected chi connectivity index (χ0v) is 14.3. The molecule has 0 unspecified atom stereocenters. The van der Waals surface area contributed by atoms with Crippen molar-refractivity contribution in [2.75, 3.05) is 0 Å². The number of rotatable bonds is 3. The minimum absolute atomic E-state index is 0.0666. The van der Waals surface area contributed by atoms with Crippen LogP contribution in [0.4, 0.5) is 8.78 Å². The molecule has 140 valence electrons. The highest BCUT2D eigenvalue weighted by Crippen LogP contribution is 2.08. The van der Waals surface area contributed by atoms with Crippen molar-refractivity contribution in [2.45, 2.75) is 11.8 Å². The number of hydrogen-bond acceptors (Lipinski definition) is 5. The van der Waals surface area contributed by atoms with E-state index in [2.05, 4.69) is 5.10 Å². The van der Waals surface area contributed by atoms with E-state index in [0.29, 0.717) is 6.07 Å². The van der Waals surface area contributed by atoms with Gasteiger partial charge in [0.1, 0.15) is 11.6 Å². The monoisotopic (exact) mass is 386 g/mol. The van der Waals surface area contributed by atoms with Gasteiger partial charge in [-0.15, -0.1) is 5.17 Å². The Bertz CT molecular complexity index is 882. The SMILES string of the molecule is Cc1ccc(S(=O)(=O)O)cc1.N=C(N)N(O)N=Cc1cc(F)cc(F)c1. The summed E-state index contributed by atoms with van der Waals surface area (Å²) in [6.45, 7) is 1.84. The zero-order valence-electron chi connectivity index (χ0n) is 13.5. The summed E-state index contributed by atoms with van der Waals surface area (Å²) in [5, 5.41) is 18.9. The summed E-state index contributed by atoms with van der Waals surface area (Å²) in [6, 6.07) is 8.72. The summed E-state index contributed by atoms with van der Waals surface area (Å²) in [4.78, 5) is -0.0666. The maximum atomic E-state index is 12.7. The molecule has 0 fully saturated rings. The van der Waals surface area contributed by atoms with Crippen LogP contribution in [0, 0.1) is 24.0 Å². The number of hydrazone groups is 1. The number of hydrogen-bond donors (Lipinski definition) is 4. The number of benzene rings is 2. The summed E-state index contributed by atoms with van der Waals surface area (Å²) in [5.74, 6) is -2.23. The van der Waals surface area contributed by atoms with Crippen LogP contribution in [0.3, 0.4) is 0 Å². The molecule has 0 spiro atoms. The van der Waals surface area contributed by atoms with Crippen LogP contribution in [-0.4, -0.2) is 35.5 Å². The fourth-order valence-corrected chi connectivity index (χ4v) is 2.02. The largest absolute Gasteiger partial charge is 0.367 e. The Morgan fingerprint density at radius 3 is 2.12 bits per heavy atom. The number of nitrogens with one attached hydrogen (secondary N) is 1. The van der Waals surface area contributed by atoms with E-state index < -0.39 is 27.7 Å². The second-order valence-electron chi connectivity index (χ2n) is 4.91. The van der Waals surface area contributed by atoms with Gasteiger partial charge in [0.25, 0.3) is 10.1 Å². The molecule has 0 bridgehead atoms. The molecule has 0 saturated carbocycles. The normalized spacial score (nSPS) is 11.0. The maximum Gasteiger partial charge on any atom is 0.294 e. The topological polar surface area (TPSA) is 140 Å². The van der Waals surface area contributed by atoms with Gasteiger partial charge in [-0.3, -0.25) is 15.2 Å². The minimum Gasteiger partial charge on any atom is -0.367 e. The number of halogens is 2. The predicted molar refractivity (Wildman–Crippen MR) is 90.5 cm³/mol. The van der Waals surface area contributed by atoms with Gasteiger partial charge in [-0.05, 0) is 31.2 Å². The molecule has 0 aromatic heterocycles. The molecule has 8 nitrogen and oxygen atoms in total. The average molecular weight is 386 g/mol. The molecular formula is C15H16F2N4O4S. The number of nitrogens with zero attached hydrogens (tertiary/aromatic N) is 2. The lowest BCUT2D eigenvalue weighted by atomic mass is 10.2. The molecule has 5 N–H and O–H groups in total. The Balaban J connectivity index is 0.000000273. The number of guanidine groups is 1. The van der Waals surface area contributed by atoms with Gasteiger partial charge >= 0.3 is 0 Å². The van der Waals surface area contributed by atoms with Gasteiger partial charge in [-0.25, -0.2) is 8.78 Å². The quantitative estimate of drug-likeness (QED) is 0.276. The molecular weight excluding hydrogens is 370 g/mol. The van der Waals surface area contributed by atoms with Crippen LogP contribution in [0.15, 0.2) is 52.5 Å². The van der Waals surface area contributed by atoms with Crippen LogP contribution in [0.1, 0.15) is 11.1 Å². The molecule has 11 heteroatoms. The van der Waals surface area contributed by atoms with E-state index in [1.807, 2.05) is 6.92 Å². The van der Waals surface area contributed by atoms with E-state index in [1.165, 1.54) is 12.1 Å². The number of nitrogens with two attached hydrogens (primary N) is 1. The van der Waals surface area contributed by atoms with Crippen molar-refractivity contribution in [3.63, 3.8) is 0 Å². The zero-order chi connectivity index (χ0) is 19.9. The van der Waals surface area contributed by atoms with Gasteiger partial charge in [-0.1, -0.05) is 17.7 Å². The summed E-state index contributed by atoms with van der Waals surface area (Å²) in [7, 11) is -4.02. The lowest BCUT2D eigenvalue weighted by Crippen LogP contribution is -2.28. The van der Waals surface area contributed by atoms with Crippen molar-refractivity contribution in [3.05, 3.63) is 65.2 Å². The molecule has 2 rings (SSSR count). The molecule has 0 radical (unpaired) electrons. The lowest BCUT2D eigenvalue weighted by Gasteiger charge is -2.05. The van der Waals surface area contributed by atoms with E-state index in [-0.39, 0.29) is 15.6 Å². The fraction of sp³-hybridized carbons (Fsp3) is 0.0667. The summed E-state index contributed by atoms with van der Waals surface area (Å²) >= 11 is 0. The molecule has 0 aliphatic rings. The van der Waals surface area contributed by atoms with E-state index in [4.69, 9.17) is 20.9 Å². The highest BCUT2D eigenvalue weighted by atomic mass is 32.2. The van der Waals surface area contributed by atoms with Crippen molar-refractivity contribution in [2.24, 2.45) is 10.8 Å². The molecule has 0 heterocycles. The Morgan fingerprint density at radius 2 is 1.69 bits per heavy atom. The Labute approximate surface area is 148 Å². The van der Waals surface area contributed by atoms with Crippen molar-refractivity contribution in [1.82, 2.24) is 5.17 Å². The second kappa shape index (κ2) is 8.99. The van der Waals surface area contributed by atoms with Crippen LogP contribution in [0.2, 0.25) is 0 Å². The Hall–Kier alpha value is -2.89. The van der Waals surface area contributed by atoms with Gasteiger partial charge in [0.2, 0.25) is 5.96 Å². The molecule has 2 aromatic rings. The highest BCUT2D eigenvalue weighted by molar-refractivity contribution is 7.85. The molecule has 0 amide bonds. The maximum absolute atomic E-state index is 12.7. The number of aryl methyl sites for hydroxylation is 1. The van der Waals surface area contributed by atoms with Crippen molar-refractivity contribution >= 4 is 22.3 Å². The van der Waals surface area contributed by atoms with Gasteiger partial charge in [0.15, 0.2) is 0 Å². The fourth-order valence-electron chi connectivity index (χ4n) is 1.54. The van der Waals surface area contributed by atoms with E-state index >= 15 is 0 Å². The van der Waals surface area contributed by atoms with Crippen LogP contribution < -0.4 is 5.73 Å². The molecule has 26 heavy (non-hydrogen) atoms. The van der Waals surface area contributed by atoms with Gasteiger partial charge in [0, 0.05) is 11.6 Å². The summed E-state index contributed by atoms with van der Waals surface area (Å²) in [5.41, 5.74) is 5.92. The molecule has 0 atom stereocenters. The van der Waals surface area contributed by atoms with Gasteiger partial charge in [0.05, 0.1) is 11.1 Å². The summed E-state index contributed by atoms with van der Waals surface area (Å²) < 4.78 is 54.9. The van der Waals surface area contributed by atoms with Crippen LogP contribution in [0.5, 0.6) is 0 Å². The minimum atomic E-state index is -4.02. The van der Waals surface area contributed by atoms with Gasteiger partial charge in [-0.2, -0.15) is 13.5 Å². The first kappa shape index (κ1) is 21.2. The average Bonchev–Trinajstić information content (AvgIpc) is 2.51. The lowest BCUT2D eigenvalue weighted by molar-refractivity contribution is -0.0139. The highest BCUT2D eigenvalue weighted by Gasteiger charge is 2.06. The smallest absolute Gasteiger partial charge is 0.294 e. The van der Waals surface area contributed by atoms with Gasteiger partial charge < -0.3 is 5.73 Å². The van der Waals surface area contributed by atoms with E-state index in [0.717, 1.165) is 23.9 Å². The molecule has 2 aromatic carbocycles. The van der Waals surface area contributed by atoms with Crippen LogP contribution in [-0.2, 0) is 10.1 Å². The predicted octanol–water partition coefficient (Wildman–Crippen LogP) is 2.13. The van der Waals surface area contributed by atoms with E-state index in [1.54, 1.807) is 12.1 Å². The first-order valence-electron chi connectivity index (χ1n) is 6.86. The van der Waals surface area contributed by atoms with Crippen molar-refractivity contribution in [1.29, 1.82) is 5.41 Å². The van der Waals surface area contributed by atoms with Crippen LogP contribution in [0.25, 0.3) is 0 Å². The first-order chi connectivity index (χ1) is 12.0. The molecule has 0 saturated heterocycles. The Kier molecular flexibility index (Phi) is 7.31. The number of hydroxylamine groups is 1. The third-order valence-corrected chi connectivity index (χ3v) is 3.60. The summed E-state index contributed by atoms with van der Waals surface area (Å²) in [6.07, 6.45) is 0.966. The second-order valence-corrected chi connectivity index (χ2v) is 6.33. The Morgan fingerprint density at radius 1 is 1.19 bits per heavy atom. The van der Waals surface area contributed by atoms with Crippen LogP contribution >= 0.6 is 0 Å². The third kappa shape index (κ3) is 7.34. The molecule has 0 aliphatic carbocycles. The first-order valence-corrected chi connectivity index (χ1v) is 8.30. The van der Waals surface area contributed by atoms with E-state index in [9.17, 15) is 17.2 Å².